The maximum atomic E-state index is 12.0. The van der Waals surface area contributed by atoms with Crippen LogP contribution >= 0.6 is 15.9 Å². The summed E-state index contributed by atoms with van der Waals surface area (Å²) in [5.74, 6) is -1.10. The van der Waals surface area contributed by atoms with E-state index in [1.807, 2.05) is 38.1 Å². The number of halogens is 1. The first-order valence-electron chi connectivity index (χ1n) is 8.43. The molecule has 7 heteroatoms. The number of carbonyl (C=O) groups excluding carboxylic acids is 1. The van der Waals surface area contributed by atoms with Gasteiger partial charge in [-0.3, -0.25) is 4.79 Å². The molecule has 1 aromatic heterocycles. The van der Waals surface area contributed by atoms with E-state index in [0.717, 1.165) is 27.1 Å². The van der Waals surface area contributed by atoms with Crippen LogP contribution in [0.5, 0.6) is 0 Å². The van der Waals surface area contributed by atoms with Crippen molar-refractivity contribution in [2.24, 2.45) is 5.10 Å². The summed E-state index contributed by atoms with van der Waals surface area (Å²) >= 11 is 3.59. The molecule has 1 aliphatic rings. The molecule has 1 aromatic carbocycles. The smallest absolute Gasteiger partial charge is 0.245 e. The number of rotatable bonds is 5. The molecule has 0 bridgehead atoms. The van der Waals surface area contributed by atoms with E-state index in [1.165, 1.54) is 0 Å². The van der Waals surface area contributed by atoms with Gasteiger partial charge in [-0.1, -0.05) is 12.1 Å². The number of hydrogen-bond donors (Lipinski definition) is 1. The predicted octanol–water partition coefficient (Wildman–Crippen LogP) is 3.46. The van der Waals surface area contributed by atoms with Crippen LogP contribution in [0.4, 0.5) is 0 Å². The van der Waals surface area contributed by atoms with Gasteiger partial charge in [-0.25, -0.2) is 5.43 Å². The lowest BCUT2D eigenvalue weighted by Gasteiger charge is -2.20. The molecule has 26 heavy (non-hydrogen) atoms. The van der Waals surface area contributed by atoms with E-state index in [2.05, 4.69) is 37.1 Å². The van der Waals surface area contributed by atoms with Crippen LogP contribution in [0, 0.1) is 13.8 Å². The summed E-state index contributed by atoms with van der Waals surface area (Å²) in [4.78, 5) is 12.0. The number of hydrogen-bond acceptors (Lipinski definition) is 4. The Morgan fingerprint density at radius 2 is 2.04 bits per heavy atom. The fourth-order valence-corrected chi connectivity index (χ4v) is 3.55. The Hall–Kier alpha value is -1.96. The fraction of sp³-hybridized carbons (Fsp3) is 0.368. The molecule has 1 saturated heterocycles. The van der Waals surface area contributed by atoms with Crippen molar-refractivity contribution < 1.29 is 14.3 Å². The van der Waals surface area contributed by atoms with Gasteiger partial charge in [-0.15, -0.1) is 0 Å². The van der Waals surface area contributed by atoms with Gasteiger partial charge >= 0.3 is 0 Å². The molecule has 1 fully saturated rings. The first-order chi connectivity index (χ1) is 12.4. The van der Waals surface area contributed by atoms with E-state index in [9.17, 15) is 4.79 Å². The monoisotopic (exact) mass is 419 g/mol. The Kier molecular flexibility index (Phi) is 5.60. The van der Waals surface area contributed by atoms with Crippen molar-refractivity contribution >= 4 is 28.1 Å². The number of aryl methyl sites for hydroxylation is 1. The van der Waals surface area contributed by atoms with Gasteiger partial charge in [0.15, 0.2) is 5.79 Å². The van der Waals surface area contributed by atoms with Gasteiger partial charge < -0.3 is 14.0 Å². The first kappa shape index (κ1) is 18.8. The summed E-state index contributed by atoms with van der Waals surface area (Å²) in [5.41, 5.74) is 6.68. The highest BCUT2D eigenvalue weighted by molar-refractivity contribution is 9.10. The van der Waals surface area contributed by atoms with Crippen LogP contribution in [-0.2, 0) is 14.3 Å². The number of amides is 1. The molecular formula is C19H22BrN3O3. The number of nitrogens with one attached hydrogen (secondary N) is 1. The lowest BCUT2D eigenvalue weighted by Crippen LogP contribution is -2.33. The summed E-state index contributed by atoms with van der Waals surface area (Å²) in [6.45, 7) is 6.84. The number of carbonyl (C=O) groups is 1. The van der Waals surface area contributed by atoms with Gasteiger partial charge in [-0.05, 0) is 54.9 Å². The van der Waals surface area contributed by atoms with Crippen molar-refractivity contribution in [2.75, 3.05) is 13.2 Å². The topological polar surface area (TPSA) is 64.8 Å². The average molecular weight is 420 g/mol. The summed E-state index contributed by atoms with van der Waals surface area (Å²) in [6.07, 6.45) is 1.77. The molecule has 0 aliphatic carbocycles. The Bertz CT molecular complexity index is 839. The summed E-state index contributed by atoms with van der Waals surface area (Å²) < 4.78 is 14.0. The maximum absolute atomic E-state index is 12.0. The standard InChI is InChI=1S/C19H22BrN3O3/c1-13-10-15(14(2)23(13)17-7-5-4-6-16(17)20)12-21-22-18(24)11-19(3)25-8-9-26-19/h4-7,10,12H,8-9,11H2,1-3H3,(H,22,24). The Labute approximate surface area is 161 Å². The van der Waals surface area contributed by atoms with Gasteiger partial charge in [0, 0.05) is 21.4 Å². The van der Waals surface area contributed by atoms with Gasteiger partial charge in [0.2, 0.25) is 5.91 Å². The van der Waals surface area contributed by atoms with Crippen molar-refractivity contribution in [2.45, 2.75) is 33.0 Å². The second-order valence-electron chi connectivity index (χ2n) is 6.41. The molecule has 0 saturated carbocycles. The number of ether oxygens (including phenoxy) is 2. The summed E-state index contributed by atoms with van der Waals surface area (Å²) in [6, 6.07) is 10.1. The van der Waals surface area contributed by atoms with E-state index < -0.39 is 5.79 Å². The normalized spacial score (nSPS) is 16.3. The quantitative estimate of drug-likeness (QED) is 0.595. The highest BCUT2D eigenvalue weighted by atomic mass is 79.9. The first-order valence-corrected chi connectivity index (χ1v) is 9.22. The number of para-hydroxylation sites is 1. The fourth-order valence-electron chi connectivity index (χ4n) is 3.09. The molecule has 2 heterocycles. The molecule has 0 unspecified atom stereocenters. The Balaban J connectivity index is 1.71. The van der Waals surface area contributed by atoms with E-state index in [-0.39, 0.29) is 12.3 Å². The molecule has 138 valence electrons. The molecule has 3 rings (SSSR count). The van der Waals surface area contributed by atoms with Crippen LogP contribution in [0.15, 0.2) is 39.9 Å². The van der Waals surface area contributed by atoms with Crippen molar-refractivity contribution in [3.63, 3.8) is 0 Å². The minimum absolute atomic E-state index is 0.111. The molecule has 1 amide bonds. The van der Waals surface area contributed by atoms with E-state index >= 15 is 0 Å². The molecule has 1 N–H and O–H groups in total. The van der Waals surface area contributed by atoms with Crippen molar-refractivity contribution in [1.82, 2.24) is 9.99 Å². The molecule has 0 radical (unpaired) electrons. The van der Waals surface area contributed by atoms with Crippen LogP contribution < -0.4 is 5.43 Å². The highest BCUT2D eigenvalue weighted by Gasteiger charge is 2.33. The maximum Gasteiger partial charge on any atom is 0.245 e. The zero-order valence-corrected chi connectivity index (χ0v) is 16.7. The molecule has 0 atom stereocenters. The SMILES string of the molecule is Cc1cc(C=NNC(=O)CC2(C)OCCO2)c(C)n1-c1ccccc1Br. The van der Waals surface area contributed by atoms with Crippen LogP contribution in [0.2, 0.25) is 0 Å². The number of nitrogens with zero attached hydrogens (tertiary/aromatic N) is 2. The van der Waals surface area contributed by atoms with Crippen molar-refractivity contribution in [3.05, 3.63) is 51.8 Å². The highest BCUT2D eigenvalue weighted by Crippen LogP contribution is 2.26. The van der Waals surface area contributed by atoms with E-state index in [0.29, 0.717) is 13.2 Å². The van der Waals surface area contributed by atoms with E-state index in [4.69, 9.17) is 9.47 Å². The average Bonchev–Trinajstić information content (AvgIpc) is 3.12. The van der Waals surface area contributed by atoms with Gasteiger partial charge in [-0.2, -0.15) is 5.10 Å². The van der Waals surface area contributed by atoms with Gasteiger partial charge in [0.05, 0.1) is 31.5 Å². The molecule has 0 spiro atoms. The van der Waals surface area contributed by atoms with E-state index in [1.54, 1.807) is 13.1 Å². The molecular weight excluding hydrogens is 398 g/mol. The number of benzene rings is 1. The second kappa shape index (κ2) is 7.73. The number of aromatic nitrogens is 1. The lowest BCUT2D eigenvalue weighted by molar-refractivity contribution is -0.159. The number of hydrazone groups is 1. The third-order valence-corrected chi connectivity index (χ3v) is 5.01. The Morgan fingerprint density at radius 1 is 1.35 bits per heavy atom. The minimum Gasteiger partial charge on any atom is -0.347 e. The molecule has 6 nitrogen and oxygen atoms in total. The van der Waals surface area contributed by atoms with Crippen LogP contribution in [0.3, 0.4) is 0 Å². The third-order valence-electron chi connectivity index (χ3n) is 4.34. The third kappa shape index (κ3) is 4.06. The van der Waals surface area contributed by atoms with Crippen LogP contribution in [0.25, 0.3) is 5.69 Å². The Morgan fingerprint density at radius 3 is 2.73 bits per heavy atom. The molecule has 2 aromatic rings. The lowest BCUT2D eigenvalue weighted by atomic mass is 10.2. The largest absolute Gasteiger partial charge is 0.347 e. The van der Waals surface area contributed by atoms with Crippen LogP contribution in [-0.4, -0.2) is 35.7 Å². The van der Waals surface area contributed by atoms with Crippen molar-refractivity contribution in [1.29, 1.82) is 0 Å². The minimum atomic E-state index is -0.852. The zero-order chi connectivity index (χ0) is 18.7. The zero-order valence-electron chi connectivity index (χ0n) is 15.1. The second-order valence-corrected chi connectivity index (χ2v) is 7.27. The van der Waals surface area contributed by atoms with Gasteiger partial charge in [0.25, 0.3) is 0 Å². The molecule has 1 aliphatic heterocycles. The van der Waals surface area contributed by atoms with Crippen LogP contribution in [0.1, 0.15) is 30.3 Å². The predicted molar refractivity (Wildman–Crippen MR) is 104 cm³/mol. The van der Waals surface area contributed by atoms with Crippen molar-refractivity contribution in [3.8, 4) is 5.69 Å². The summed E-state index contributed by atoms with van der Waals surface area (Å²) in [5, 5.41) is 4.09. The summed E-state index contributed by atoms with van der Waals surface area (Å²) in [7, 11) is 0. The van der Waals surface area contributed by atoms with Gasteiger partial charge in [0.1, 0.15) is 0 Å².